The molecular formula is C16H16N2O3. The number of carbonyl (C=O) groups excluding carboxylic acids is 1. The minimum absolute atomic E-state index is 0.0965. The summed E-state index contributed by atoms with van der Waals surface area (Å²) < 4.78 is 11.5. The molecule has 0 saturated heterocycles. The largest absolute Gasteiger partial charge is 0.486 e. The molecule has 0 atom stereocenters. The van der Waals surface area contributed by atoms with Crippen molar-refractivity contribution in [2.45, 2.75) is 32.5 Å². The SMILES string of the molecule is CC1(C)CC(=O)c2ccc(OCc3ncccn3)cc2O1. The third-order valence-corrected chi connectivity index (χ3v) is 3.21. The van der Waals surface area contributed by atoms with Crippen LogP contribution in [0.5, 0.6) is 11.5 Å². The van der Waals surface area contributed by atoms with Gasteiger partial charge < -0.3 is 9.47 Å². The van der Waals surface area contributed by atoms with Gasteiger partial charge in [0.15, 0.2) is 11.6 Å². The minimum Gasteiger partial charge on any atom is -0.486 e. The molecule has 0 amide bonds. The summed E-state index contributed by atoms with van der Waals surface area (Å²) in [7, 11) is 0. The van der Waals surface area contributed by atoms with E-state index in [9.17, 15) is 4.79 Å². The smallest absolute Gasteiger partial charge is 0.170 e. The maximum atomic E-state index is 12.1. The summed E-state index contributed by atoms with van der Waals surface area (Å²) in [5.74, 6) is 1.90. The first-order valence-electron chi connectivity index (χ1n) is 6.78. The molecule has 0 fully saturated rings. The van der Waals surface area contributed by atoms with E-state index in [2.05, 4.69) is 9.97 Å². The Kier molecular flexibility index (Phi) is 3.33. The number of benzene rings is 1. The monoisotopic (exact) mass is 284 g/mol. The van der Waals surface area contributed by atoms with Crippen LogP contribution in [0.4, 0.5) is 0 Å². The van der Waals surface area contributed by atoms with Crippen molar-refractivity contribution in [1.29, 1.82) is 0 Å². The van der Waals surface area contributed by atoms with E-state index < -0.39 is 5.60 Å². The quantitative estimate of drug-likeness (QED) is 0.867. The van der Waals surface area contributed by atoms with Crippen molar-refractivity contribution in [3.8, 4) is 11.5 Å². The lowest BCUT2D eigenvalue weighted by Gasteiger charge is -2.31. The highest BCUT2D eigenvalue weighted by Crippen LogP contribution is 2.35. The Hall–Kier alpha value is -2.43. The van der Waals surface area contributed by atoms with Crippen LogP contribution >= 0.6 is 0 Å². The number of fused-ring (bicyclic) bond motifs is 1. The van der Waals surface area contributed by atoms with E-state index in [1.165, 1.54) is 0 Å². The van der Waals surface area contributed by atoms with Gasteiger partial charge in [0, 0.05) is 18.5 Å². The molecule has 0 N–H and O–H groups in total. The molecule has 1 aromatic carbocycles. The second kappa shape index (κ2) is 5.16. The Balaban J connectivity index is 1.78. The van der Waals surface area contributed by atoms with Crippen LogP contribution in [0.15, 0.2) is 36.7 Å². The number of ether oxygens (including phenoxy) is 2. The predicted octanol–water partition coefficient (Wildman–Crippen LogP) is 2.80. The first-order chi connectivity index (χ1) is 10.0. The highest BCUT2D eigenvalue weighted by atomic mass is 16.5. The first-order valence-corrected chi connectivity index (χ1v) is 6.78. The molecule has 3 rings (SSSR count). The van der Waals surface area contributed by atoms with E-state index in [0.29, 0.717) is 29.3 Å². The Labute approximate surface area is 123 Å². The molecule has 0 spiro atoms. The van der Waals surface area contributed by atoms with Crippen molar-refractivity contribution >= 4 is 5.78 Å². The lowest BCUT2D eigenvalue weighted by molar-refractivity contribution is 0.0618. The number of rotatable bonds is 3. The van der Waals surface area contributed by atoms with Gasteiger partial charge in [-0.25, -0.2) is 9.97 Å². The number of hydrogen-bond acceptors (Lipinski definition) is 5. The third kappa shape index (κ3) is 3.02. The molecule has 0 radical (unpaired) electrons. The highest BCUT2D eigenvalue weighted by molar-refractivity contribution is 6.00. The summed E-state index contributed by atoms with van der Waals surface area (Å²) in [6.45, 7) is 4.08. The maximum absolute atomic E-state index is 12.1. The van der Waals surface area contributed by atoms with Crippen LogP contribution in [-0.2, 0) is 6.61 Å². The Morgan fingerprint density at radius 1 is 1.29 bits per heavy atom. The molecule has 21 heavy (non-hydrogen) atoms. The van der Waals surface area contributed by atoms with Crippen molar-refractivity contribution in [3.63, 3.8) is 0 Å². The van der Waals surface area contributed by atoms with Gasteiger partial charge in [0.2, 0.25) is 0 Å². The molecule has 0 aliphatic carbocycles. The summed E-state index contributed by atoms with van der Waals surface area (Å²) in [6, 6.07) is 7.01. The van der Waals surface area contributed by atoms with Crippen molar-refractivity contribution in [2.75, 3.05) is 0 Å². The summed E-state index contributed by atoms with van der Waals surface area (Å²) in [6.07, 6.45) is 3.73. The second-order valence-electron chi connectivity index (χ2n) is 5.57. The van der Waals surface area contributed by atoms with Crippen LogP contribution in [0.2, 0.25) is 0 Å². The van der Waals surface area contributed by atoms with Gasteiger partial charge in [0.05, 0.1) is 12.0 Å². The van der Waals surface area contributed by atoms with Gasteiger partial charge in [-0.3, -0.25) is 4.79 Å². The van der Waals surface area contributed by atoms with Crippen LogP contribution < -0.4 is 9.47 Å². The van der Waals surface area contributed by atoms with E-state index in [1.54, 1.807) is 36.7 Å². The molecule has 2 heterocycles. The van der Waals surface area contributed by atoms with Crippen molar-refractivity contribution < 1.29 is 14.3 Å². The van der Waals surface area contributed by atoms with Crippen LogP contribution in [0.25, 0.3) is 0 Å². The van der Waals surface area contributed by atoms with E-state index in [-0.39, 0.29) is 12.4 Å². The van der Waals surface area contributed by atoms with Gasteiger partial charge in [-0.15, -0.1) is 0 Å². The van der Waals surface area contributed by atoms with Gasteiger partial charge in [-0.2, -0.15) is 0 Å². The van der Waals surface area contributed by atoms with Crippen LogP contribution in [0.1, 0.15) is 36.5 Å². The zero-order valence-corrected chi connectivity index (χ0v) is 12.0. The van der Waals surface area contributed by atoms with Gasteiger partial charge in [-0.05, 0) is 32.0 Å². The fraction of sp³-hybridized carbons (Fsp3) is 0.312. The molecule has 0 bridgehead atoms. The second-order valence-corrected chi connectivity index (χ2v) is 5.57. The minimum atomic E-state index is -0.481. The lowest BCUT2D eigenvalue weighted by Crippen LogP contribution is -2.35. The standard InChI is InChI=1S/C16H16N2O3/c1-16(2)9-13(19)12-5-4-11(8-14(12)21-16)20-10-15-17-6-3-7-18-15/h3-8H,9-10H2,1-2H3. The zero-order chi connectivity index (χ0) is 14.9. The van der Waals surface area contributed by atoms with E-state index in [1.807, 2.05) is 13.8 Å². The molecule has 5 heteroatoms. The van der Waals surface area contributed by atoms with Crippen LogP contribution in [-0.4, -0.2) is 21.4 Å². The molecule has 1 aliphatic rings. The van der Waals surface area contributed by atoms with Crippen molar-refractivity contribution in [1.82, 2.24) is 9.97 Å². The molecule has 2 aromatic rings. The number of Topliss-reactive ketones (excluding diaryl/α,β-unsaturated/α-hetero) is 1. The summed E-state index contributed by atoms with van der Waals surface area (Å²) in [4.78, 5) is 20.2. The fourth-order valence-corrected chi connectivity index (χ4v) is 2.28. The van der Waals surface area contributed by atoms with E-state index in [0.717, 1.165) is 0 Å². The number of nitrogens with zero attached hydrogens (tertiary/aromatic N) is 2. The lowest BCUT2D eigenvalue weighted by atomic mass is 9.93. The maximum Gasteiger partial charge on any atom is 0.170 e. The van der Waals surface area contributed by atoms with Crippen molar-refractivity contribution in [3.05, 3.63) is 48.0 Å². The molecule has 0 unspecified atom stereocenters. The number of carbonyl (C=O) groups is 1. The average molecular weight is 284 g/mol. The number of aromatic nitrogens is 2. The number of hydrogen-bond donors (Lipinski definition) is 0. The fourth-order valence-electron chi connectivity index (χ4n) is 2.28. The molecule has 1 aliphatic heterocycles. The van der Waals surface area contributed by atoms with Gasteiger partial charge >= 0.3 is 0 Å². The molecule has 5 nitrogen and oxygen atoms in total. The van der Waals surface area contributed by atoms with E-state index >= 15 is 0 Å². The third-order valence-electron chi connectivity index (χ3n) is 3.21. The van der Waals surface area contributed by atoms with Gasteiger partial charge in [0.1, 0.15) is 23.7 Å². The first kappa shape index (κ1) is 13.5. The zero-order valence-electron chi connectivity index (χ0n) is 12.0. The van der Waals surface area contributed by atoms with E-state index in [4.69, 9.17) is 9.47 Å². The Morgan fingerprint density at radius 3 is 2.81 bits per heavy atom. The Bertz CT molecular complexity index is 668. The van der Waals surface area contributed by atoms with Gasteiger partial charge in [-0.1, -0.05) is 0 Å². The summed E-state index contributed by atoms with van der Waals surface area (Å²) >= 11 is 0. The van der Waals surface area contributed by atoms with Crippen LogP contribution in [0.3, 0.4) is 0 Å². The number of ketones is 1. The van der Waals surface area contributed by atoms with Crippen LogP contribution in [0, 0.1) is 0 Å². The molecular weight excluding hydrogens is 268 g/mol. The normalized spacial score (nSPS) is 16.0. The highest BCUT2D eigenvalue weighted by Gasteiger charge is 2.32. The van der Waals surface area contributed by atoms with Crippen molar-refractivity contribution in [2.24, 2.45) is 0 Å². The van der Waals surface area contributed by atoms with Gasteiger partial charge in [0.25, 0.3) is 0 Å². The predicted molar refractivity (Wildman–Crippen MR) is 76.5 cm³/mol. The Morgan fingerprint density at radius 2 is 2.05 bits per heavy atom. The summed E-state index contributed by atoms with van der Waals surface area (Å²) in [5.41, 5.74) is 0.128. The molecule has 0 saturated carbocycles. The topological polar surface area (TPSA) is 61.3 Å². The summed E-state index contributed by atoms with van der Waals surface area (Å²) in [5, 5.41) is 0. The average Bonchev–Trinajstić information content (AvgIpc) is 2.44. The molecule has 1 aromatic heterocycles. The molecule has 108 valence electrons.